The number of carbonyl (C=O) groups excluding carboxylic acids is 1. The number of halogens is 1. The number of benzene rings is 1. The number of hydrogen-bond donors (Lipinski definition) is 1. The number of methoxy groups -OCH3 is 1. The van der Waals surface area contributed by atoms with E-state index in [0.29, 0.717) is 31.9 Å². The van der Waals surface area contributed by atoms with E-state index in [0.717, 1.165) is 6.42 Å². The van der Waals surface area contributed by atoms with Crippen LogP contribution in [0, 0.1) is 5.82 Å². The van der Waals surface area contributed by atoms with E-state index < -0.39 is 0 Å². The summed E-state index contributed by atoms with van der Waals surface area (Å²) in [5.74, 6) is -0.310. The standard InChI is InChI=1S/C15H21FN2O3/c1-20-8-6-13-11-21-9-7-18(13)15(19)17-10-12-4-2-3-5-14(12)16/h2-5,13H,6-11H2,1H3,(H,17,19). The van der Waals surface area contributed by atoms with Crippen molar-refractivity contribution in [2.24, 2.45) is 0 Å². The molecule has 6 heteroatoms. The summed E-state index contributed by atoms with van der Waals surface area (Å²) in [6.07, 6.45) is 0.726. The molecule has 1 heterocycles. The highest BCUT2D eigenvalue weighted by Crippen LogP contribution is 2.12. The molecule has 1 aromatic rings. The zero-order chi connectivity index (χ0) is 15.1. The van der Waals surface area contributed by atoms with Gasteiger partial charge in [0.15, 0.2) is 0 Å². The van der Waals surface area contributed by atoms with E-state index in [1.807, 2.05) is 0 Å². The molecule has 1 aliphatic heterocycles. The third kappa shape index (κ3) is 4.41. The molecule has 5 nitrogen and oxygen atoms in total. The Morgan fingerprint density at radius 2 is 2.33 bits per heavy atom. The predicted molar refractivity (Wildman–Crippen MR) is 76.4 cm³/mol. The summed E-state index contributed by atoms with van der Waals surface area (Å²) < 4.78 is 24.0. The van der Waals surface area contributed by atoms with Crippen LogP contribution in [0.2, 0.25) is 0 Å². The van der Waals surface area contributed by atoms with Crippen molar-refractivity contribution in [1.29, 1.82) is 0 Å². The molecular weight excluding hydrogens is 275 g/mol. The molecule has 0 spiro atoms. The molecule has 1 fully saturated rings. The van der Waals surface area contributed by atoms with Crippen molar-refractivity contribution in [2.75, 3.05) is 33.5 Å². The first-order chi connectivity index (χ1) is 10.2. The van der Waals surface area contributed by atoms with Gasteiger partial charge >= 0.3 is 6.03 Å². The number of nitrogens with zero attached hydrogens (tertiary/aromatic N) is 1. The summed E-state index contributed by atoms with van der Waals surface area (Å²) in [4.78, 5) is 14.0. The smallest absolute Gasteiger partial charge is 0.318 e. The highest BCUT2D eigenvalue weighted by Gasteiger charge is 2.26. The number of nitrogens with one attached hydrogen (secondary N) is 1. The number of amides is 2. The molecule has 1 unspecified atom stereocenters. The van der Waals surface area contributed by atoms with Crippen LogP contribution in [0.1, 0.15) is 12.0 Å². The van der Waals surface area contributed by atoms with E-state index in [2.05, 4.69) is 5.32 Å². The van der Waals surface area contributed by atoms with Crippen LogP contribution in [-0.2, 0) is 16.0 Å². The van der Waals surface area contributed by atoms with Crippen molar-refractivity contribution in [1.82, 2.24) is 10.2 Å². The number of rotatable bonds is 5. The Morgan fingerprint density at radius 1 is 1.52 bits per heavy atom. The maximum Gasteiger partial charge on any atom is 0.318 e. The second kappa shape index (κ2) is 7.95. The fourth-order valence-electron chi connectivity index (χ4n) is 2.33. The van der Waals surface area contributed by atoms with E-state index in [-0.39, 0.29) is 24.4 Å². The van der Waals surface area contributed by atoms with Crippen molar-refractivity contribution >= 4 is 6.03 Å². The Bertz CT molecular complexity index is 470. The van der Waals surface area contributed by atoms with Crippen LogP contribution >= 0.6 is 0 Å². The minimum Gasteiger partial charge on any atom is -0.385 e. The van der Waals surface area contributed by atoms with Crippen molar-refractivity contribution in [3.05, 3.63) is 35.6 Å². The van der Waals surface area contributed by atoms with Crippen LogP contribution in [0.5, 0.6) is 0 Å². The maximum absolute atomic E-state index is 13.5. The molecule has 1 aromatic carbocycles. The minimum atomic E-state index is -0.310. The molecule has 2 rings (SSSR count). The van der Waals surface area contributed by atoms with Crippen molar-refractivity contribution in [3.63, 3.8) is 0 Å². The van der Waals surface area contributed by atoms with E-state index in [1.165, 1.54) is 6.07 Å². The Labute approximate surface area is 124 Å². The Balaban J connectivity index is 1.90. The highest BCUT2D eigenvalue weighted by molar-refractivity contribution is 5.74. The maximum atomic E-state index is 13.5. The molecule has 1 atom stereocenters. The second-order valence-corrected chi connectivity index (χ2v) is 4.95. The largest absolute Gasteiger partial charge is 0.385 e. The summed E-state index contributed by atoms with van der Waals surface area (Å²) in [5.41, 5.74) is 0.479. The lowest BCUT2D eigenvalue weighted by Crippen LogP contribution is -2.52. The summed E-state index contributed by atoms with van der Waals surface area (Å²) in [6, 6.07) is 6.24. The fourth-order valence-corrected chi connectivity index (χ4v) is 2.33. The third-order valence-electron chi connectivity index (χ3n) is 3.53. The molecule has 21 heavy (non-hydrogen) atoms. The predicted octanol–water partition coefficient (Wildman–Crippen LogP) is 1.77. The molecule has 0 bridgehead atoms. The second-order valence-electron chi connectivity index (χ2n) is 4.95. The third-order valence-corrected chi connectivity index (χ3v) is 3.53. The molecule has 0 saturated carbocycles. The first-order valence-corrected chi connectivity index (χ1v) is 7.07. The first kappa shape index (κ1) is 15.7. The van der Waals surface area contributed by atoms with Gasteiger partial charge in [-0.2, -0.15) is 0 Å². The molecule has 0 aromatic heterocycles. The lowest BCUT2D eigenvalue weighted by molar-refractivity contribution is 0.00158. The number of morpholine rings is 1. The number of urea groups is 1. The Morgan fingerprint density at radius 3 is 3.10 bits per heavy atom. The number of carbonyl (C=O) groups is 1. The molecule has 1 saturated heterocycles. The normalized spacial score (nSPS) is 18.6. The summed E-state index contributed by atoms with van der Waals surface area (Å²) in [5, 5.41) is 2.77. The van der Waals surface area contributed by atoms with E-state index >= 15 is 0 Å². The topological polar surface area (TPSA) is 50.8 Å². The van der Waals surface area contributed by atoms with Crippen molar-refractivity contribution in [2.45, 2.75) is 19.0 Å². The fraction of sp³-hybridized carbons (Fsp3) is 0.533. The van der Waals surface area contributed by atoms with Gasteiger partial charge in [-0.1, -0.05) is 18.2 Å². The SMILES string of the molecule is COCCC1COCCN1C(=O)NCc1ccccc1F. The van der Waals surface area contributed by atoms with Crippen LogP contribution in [0.25, 0.3) is 0 Å². The molecule has 2 amide bonds. The van der Waals surface area contributed by atoms with Gasteiger partial charge in [0.2, 0.25) is 0 Å². The van der Waals surface area contributed by atoms with Gasteiger partial charge in [-0.05, 0) is 12.5 Å². The first-order valence-electron chi connectivity index (χ1n) is 7.07. The zero-order valence-electron chi connectivity index (χ0n) is 12.2. The molecule has 0 aliphatic carbocycles. The van der Waals surface area contributed by atoms with Crippen LogP contribution in [0.15, 0.2) is 24.3 Å². The van der Waals surface area contributed by atoms with Gasteiger partial charge < -0.3 is 19.7 Å². The van der Waals surface area contributed by atoms with Crippen molar-refractivity contribution < 1.29 is 18.7 Å². The average molecular weight is 296 g/mol. The van der Waals surface area contributed by atoms with Crippen LogP contribution in [0.4, 0.5) is 9.18 Å². The van der Waals surface area contributed by atoms with Gasteiger partial charge in [0.1, 0.15) is 5.82 Å². The summed E-state index contributed by atoms with van der Waals surface area (Å²) >= 11 is 0. The molecular formula is C15H21FN2O3. The van der Waals surface area contributed by atoms with E-state index in [1.54, 1.807) is 30.2 Å². The lowest BCUT2D eigenvalue weighted by Gasteiger charge is -2.35. The number of hydrogen-bond acceptors (Lipinski definition) is 3. The van der Waals surface area contributed by atoms with Crippen LogP contribution in [0.3, 0.4) is 0 Å². The van der Waals surface area contributed by atoms with Gasteiger partial charge in [-0.3, -0.25) is 0 Å². The van der Waals surface area contributed by atoms with Gasteiger partial charge in [0.25, 0.3) is 0 Å². The monoisotopic (exact) mass is 296 g/mol. The molecule has 1 aliphatic rings. The van der Waals surface area contributed by atoms with Crippen LogP contribution < -0.4 is 5.32 Å². The number of ether oxygens (including phenoxy) is 2. The Kier molecular flexibility index (Phi) is 5.95. The van der Waals surface area contributed by atoms with Gasteiger partial charge in [-0.25, -0.2) is 9.18 Å². The molecule has 1 N–H and O–H groups in total. The zero-order valence-corrected chi connectivity index (χ0v) is 12.2. The van der Waals surface area contributed by atoms with Gasteiger partial charge in [0, 0.05) is 32.4 Å². The molecule has 0 radical (unpaired) electrons. The quantitative estimate of drug-likeness (QED) is 0.901. The van der Waals surface area contributed by atoms with Gasteiger partial charge in [0.05, 0.1) is 19.3 Å². The van der Waals surface area contributed by atoms with E-state index in [9.17, 15) is 9.18 Å². The van der Waals surface area contributed by atoms with Crippen LogP contribution in [-0.4, -0.2) is 50.4 Å². The highest BCUT2D eigenvalue weighted by atomic mass is 19.1. The average Bonchev–Trinajstić information content (AvgIpc) is 2.52. The molecule has 116 valence electrons. The Hall–Kier alpha value is -1.66. The minimum absolute atomic E-state index is 0.000629. The summed E-state index contributed by atoms with van der Waals surface area (Å²) in [7, 11) is 1.63. The van der Waals surface area contributed by atoms with Crippen molar-refractivity contribution in [3.8, 4) is 0 Å². The van der Waals surface area contributed by atoms with E-state index in [4.69, 9.17) is 9.47 Å². The lowest BCUT2D eigenvalue weighted by atomic mass is 10.1. The summed E-state index contributed by atoms with van der Waals surface area (Å²) in [6.45, 7) is 2.33. The van der Waals surface area contributed by atoms with Gasteiger partial charge in [-0.15, -0.1) is 0 Å².